The van der Waals surface area contributed by atoms with Crippen LogP contribution >= 0.6 is 20.2 Å². The van der Waals surface area contributed by atoms with E-state index in [0.717, 1.165) is 24.3 Å². The van der Waals surface area contributed by atoms with Crippen molar-refractivity contribution in [3.8, 4) is 0 Å². The van der Waals surface area contributed by atoms with E-state index in [9.17, 15) is 78.7 Å². The summed E-state index contributed by atoms with van der Waals surface area (Å²) in [7, 11) is -7.68. The van der Waals surface area contributed by atoms with E-state index in [4.69, 9.17) is 0 Å². The maximum absolute atomic E-state index is 14.9. The van der Waals surface area contributed by atoms with Gasteiger partial charge in [-0.2, -0.15) is 0 Å². The van der Waals surface area contributed by atoms with Gasteiger partial charge in [-0.3, -0.25) is 0 Å². The Kier molecular flexibility index (Phi) is 11.3. The molecular formula is C28H27F16IO3S. The normalized spacial score (nSPS) is 15.5. The van der Waals surface area contributed by atoms with Crippen LogP contribution < -0.4 is 0 Å². The molecule has 0 aromatic heterocycles. The van der Waals surface area contributed by atoms with Gasteiger partial charge in [0.25, 0.3) is 0 Å². The third-order valence-corrected chi connectivity index (χ3v) is 14.3. The van der Waals surface area contributed by atoms with E-state index >= 15 is 0 Å². The van der Waals surface area contributed by atoms with E-state index < -0.39 is 88.4 Å². The molecule has 0 amide bonds. The first-order valence-electron chi connectivity index (χ1n) is 13.2. The number of hydrogen-bond donors (Lipinski definition) is 0. The Morgan fingerprint density at radius 3 is 1.08 bits per heavy atom. The Hall–Kier alpha value is -2.04. The van der Waals surface area contributed by atoms with Crippen molar-refractivity contribution in [3.63, 3.8) is 0 Å². The molecule has 0 fully saturated rings. The van der Waals surface area contributed by atoms with Crippen LogP contribution in [0.4, 0.5) is 70.2 Å². The molecule has 0 aliphatic heterocycles. The fraction of sp³-hybridized carbons (Fsp3) is 0.571. The minimum atomic E-state index is -8.74. The molecule has 0 aliphatic rings. The molecule has 0 spiro atoms. The van der Waals surface area contributed by atoms with Crippen molar-refractivity contribution >= 4 is 30.4 Å². The van der Waals surface area contributed by atoms with E-state index in [1.807, 2.05) is 0 Å². The standard InChI is InChI=1S/C28H27F16IO3S/c1-20(2,3)15-7-11-17(12-8-15)45(18-13-9-16(10-14-18)21(4,5)6)48-49(46,47)28(43,44)27(41,42)26(39,40)25(37,38)24(35,36)23(33,34)22(31,32)19(29)30/h7-14,19H,1-6H3. The molecule has 2 aromatic rings. The van der Waals surface area contributed by atoms with Gasteiger partial charge >= 0.3 is 278 Å². The van der Waals surface area contributed by atoms with Gasteiger partial charge in [-0.1, -0.05) is 0 Å². The van der Waals surface area contributed by atoms with Crippen LogP contribution in [0.15, 0.2) is 48.5 Å². The average Bonchev–Trinajstić information content (AvgIpc) is 2.94. The molecule has 0 aliphatic carbocycles. The Balaban J connectivity index is 2.75. The molecule has 3 nitrogen and oxygen atoms in total. The van der Waals surface area contributed by atoms with Crippen molar-refractivity contribution in [2.75, 3.05) is 0 Å². The quantitative estimate of drug-likeness (QED) is 0.158. The maximum atomic E-state index is 14.9. The van der Waals surface area contributed by atoms with Gasteiger partial charge in [0.1, 0.15) is 0 Å². The summed E-state index contributed by atoms with van der Waals surface area (Å²) in [5.74, 6) is -50.3. The number of benzene rings is 2. The van der Waals surface area contributed by atoms with Crippen LogP contribution in [0.5, 0.6) is 0 Å². The van der Waals surface area contributed by atoms with Crippen LogP contribution in [-0.4, -0.2) is 55.6 Å². The summed E-state index contributed by atoms with van der Waals surface area (Å²) in [4.78, 5) is 0. The van der Waals surface area contributed by atoms with Gasteiger partial charge < -0.3 is 0 Å². The monoisotopic (exact) mass is 874 g/mol. The van der Waals surface area contributed by atoms with Crippen molar-refractivity contribution in [3.05, 3.63) is 66.8 Å². The average molecular weight is 874 g/mol. The van der Waals surface area contributed by atoms with Gasteiger partial charge in [0.05, 0.1) is 0 Å². The second-order valence-corrected chi connectivity index (χ2v) is 19.1. The second kappa shape index (κ2) is 12.9. The summed E-state index contributed by atoms with van der Waals surface area (Å²) >= 11 is -4.61. The Labute approximate surface area is 277 Å². The van der Waals surface area contributed by atoms with Crippen LogP contribution in [0.25, 0.3) is 0 Å². The molecule has 2 aromatic carbocycles. The van der Waals surface area contributed by atoms with Crippen molar-refractivity contribution in [1.82, 2.24) is 0 Å². The van der Waals surface area contributed by atoms with Crippen LogP contribution in [0, 0.1) is 7.14 Å². The molecule has 0 unspecified atom stereocenters. The van der Waals surface area contributed by atoms with Gasteiger partial charge in [0.2, 0.25) is 0 Å². The third-order valence-electron chi connectivity index (χ3n) is 6.91. The summed E-state index contributed by atoms with van der Waals surface area (Å²) < 4.78 is 251. The molecule has 0 heterocycles. The van der Waals surface area contributed by atoms with E-state index in [-0.39, 0.29) is 7.14 Å². The van der Waals surface area contributed by atoms with Crippen LogP contribution in [-0.2, 0) is 23.5 Å². The topological polar surface area (TPSA) is 43.4 Å². The molecule has 0 N–H and O–H groups in total. The summed E-state index contributed by atoms with van der Waals surface area (Å²) in [5.41, 5.74) is -0.0926. The first kappa shape index (κ1) is 43.1. The van der Waals surface area contributed by atoms with Gasteiger partial charge in [-0.05, 0) is 0 Å². The molecule has 0 atom stereocenters. The molecule has 282 valence electrons. The SMILES string of the molecule is CC(C)(C)c1ccc(I(OS(=O)(=O)C(F)(F)C(F)(F)C(F)(F)C(F)(F)C(F)(F)C(F)(F)C(F)(F)C(F)F)c2ccc(C(C)(C)C)cc2)cc1. The number of alkyl halides is 16. The van der Waals surface area contributed by atoms with Crippen LogP contribution in [0.3, 0.4) is 0 Å². The van der Waals surface area contributed by atoms with Crippen molar-refractivity contribution in [1.29, 1.82) is 0 Å². The van der Waals surface area contributed by atoms with E-state index in [1.54, 1.807) is 41.5 Å². The molecule has 0 saturated carbocycles. The molecule has 21 heteroatoms. The van der Waals surface area contributed by atoms with Gasteiger partial charge in [0.15, 0.2) is 0 Å². The summed E-state index contributed by atoms with van der Waals surface area (Å²) in [6.45, 7) is 10.2. The summed E-state index contributed by atoms with van der Waals surface area (Å²) in [5, 5.41) is -7.68. The van der Waals surface area contributed by atoms with Crippen LogP contribution in [0.2, 0.25) is 0 Å². The van der Waals surface area contributed by atoms with E-state index in [1.165, 1.54) is 24.3 Å². The first-order chi connectivity index (χ1) is 21.5. The second-order valence-electron chi connectivity index (χ2n) is 12.6. The van der Waals surface area contributed by atoms with Crippen molar-refractivity contribution < 1.29 is 81.2 Å². The zero-order chi connectivity index (χ0) is 38.8. The van der Waals surface area contributed by atoms with Crippen molar-refractivity contribution in [2.24, 2.45) is 0 Å². The fourth-order valence-electron chi connectivity index (χ4n) is 3.73. The van der Waals surface area contributed by atoms with Crippen LogP contribution in [0.1, 0.15) is 52.7 Å². The number of halogens is 17. The van der Waals surface area contributed by atoms with E-state index in [0.29, 0.717) is 11.1 Å². The molecule has 2 rings (SSSR count). The Morgan fingerprint density at radius 1 is 0.510 bits per heavy atom. The van der Waals surface area contributed by atoms with Crippen molar-refractivity contribution in [2.45, 2.75) is 99.6 Å². The predicted molar refractivity (Wildman–Crippen MR) is 152 cm³/mol. The molecular weight excluding hydrogens is 847 g/mol. The minimum absolute atomic E-state index is 0.305. The Morgan fingerprint density at radius 2 is 0.796 bits per heavy atom. The molecule has 49 heavy (non-hydrogen) atoms. The van der Waals surface area contributed by atoms with Gasteiger partial charge in [0, 0.05) is 0 Å². The first-order valence-corrected chi connectivity index (χ1v) is 17.7. The van der Waals surface area contributed by atoms with Gasteiger partial charge in [-0.25, -0.2) is 0 Å². The third kappa shape index (κ3) is 7.09. The predicted octanol–water partition coefficient (Wildman–Crippen LogP) is 10.8. The Bertz CT molecular complexity index is 1520. The zero-order valence-electron chi connectivity index (χ0n) is 25.8. The van der Waals surface area contributed by atoms with E-state index in [2.05, 4.69) is 2.51 Å². The van der Waals surface area contributed by atoms with Gasteiger partial charge in [-0.15, -0.1) is 0 Å². The molecule has 0 saturated heterocycles. The number of rotatable bonds is 12. The zero-order valence-corrected chi connectivity index (χ0v) is 28.7. The fourth-order valence-corrected chi connectivity index (χ4v) is 10.6. The molecule has 0 bridgehead atoms. The number of hydrogen-bond acceptors (Lipinski definition) is 3. The molecule has 0 radical (unpaired) electrons. The summed E-state index contributed by atoms with van der Waals surface area (Å²) in [6.07, 6.45) is -5.99. The summed E-state index contributed by atoms with van der Waals surface area (Å²) in [6, 6.07) is 9.62.